The number of hydrogen-bond acceptors (Lipinski definition) is 4. The number of methoxy groups -OCH3 is 1. The standard InChI is InChI=1S/C23H25F4N3O3S/c1-32-12-10-29(21(31)16-2-4-17(5-3-16)23(25,26)27)14-20-15-30(11-13-33-20)22(34)28-19-8-6-18(24)7-9-19/h2-9,20H,10-15H2,1H3,(H,28,34). The molecule has 1 aliphatic heterocycles. The molecular formula is C23H25F4N3O3S. The second-order valence-electron chi connectivity index (χ2n) is 7.69. The Morgan fingerprint density at radius 1 is 1.21 bits per heavy atom. The summed E-state index contributed by atoms with van der Waals surface area (Å²) in [5.74, 6) is -0.768. The fourth-order valence-electron chi connectivity index (χ4n) is 3.46. The van der Waals surface area contributed by atoms with Crippen LogP contribution in [0.4, 0.5) is 23.2 Å². The maximum absolute atomic E-state index is 13.1. The van der Waals surface area contributed by atoms with Crippen molar-refractivity contribution in [1.29, 1.82) is 0 Å². The van der Waals surface area contributed by atoms with Gasteiger partial charge in [0.25, 0.3) is 5.91 Å². The van der Waals surface area contributed by atoms with E-state index < -0.39 is 17.6 Å². The Morgan fingerprint density at radius 2 is 1.88 bits per heavy atom. The van der Waals surface area contributed by atoms with E-state index in [2.05, 4.69) is 5.32 Å². The molecular weight excluding hydrogens is 474 g/mol. The Hall–Kier alpha value is -2.76. The number of carbonyl (C=O) groups is 1. The number of thiocarbonyl (C=S) groups is 1. The first-order chi connectivity index (χ1) is 16.2. The number of anilines is 1. The average Bonchev–Trinajstić information content (AvgIpc) is 2.82. The van der Waals surface area contributed by atoms with Crippen molar-refractivity contribution in [2.24, 2.45) is 0 Å². The van der Waals surface area contributed by atoms with Gasteiger partial charge in [-0.1, -0.05) is 0 Å². The van der Waals surface area contributed by atoms with Crippen LogP contribution < -0.4 is 5.32 Å². The molecule has 1 heterocycles. The molecule has 0 radical (unpaired) electrons. The monoisotopic (exact) mass is 499 g/mol. The number of hydrogen-bond donors (Lipinski definition) is 1. The predicted molar refractivity (Wildman–Crippen MR) is 123 cm³/mol. The third kappa shape index (κ3) is 7.12. The highest BCUT2D eigenvalue weighted by atomic mass is 32.1. The Balaban J connectivity index is 1.64. The molecule has 1 unspecified atom stereocenters. The molecule has 1 atom stereocenters. The van der Waals surface area contributed by atoms with Crippen LogP contribution in [0.1, 0.15) is 15.9 Å². The first kappa shape index (κ1) is 25.9. The van der Waals surface area contributed by atoms with E-state index in [9.17, 15) is 22.4 Å². The zero-order valence-corrected chi connectivity index (χ0v) is 19.3. The summed E-state index contributed by atoms with van der Waals surface area (Å²) in [5.41, 5.74) is -0.0279. The summed E-state index contributed by atoms with van der Waals surface area (Å²) in [5, 5.41) is 3.50. The number of rotatable bonds is 7. The molecule has 0 saturated carbocycles. The van der Waals surface area contributed by atoms with Crippen LogP contribution in [0.25, 0.3) is 0 Å². The summed E-state index contributed by atoms with van der Waals surface area (Å²) < 4.78 is 62.6. The Morgan fingerprint density at radius 3 is 2.50 bits per heavy atom. The minimum Gasteiger partial charge on any atom is -0.383 e. The van der Waals surface area contributed by atoms with Crippen LogP contribution in [0, 0.1) is 5.82 Å². The van der Waals surface area contributed by atoms with Crippen molar-refractivity contribution in [2.75, 3.05) is 51.8 Å². The van der Waals surface area contributed by atoms with Crippen LogP contribution in [-0.4, -0.2) is 73.4 Å². The smallest absolute Gasteiger partial charge is 0.383 e. The first-order valence-corrected chi connectivity index (χ1v) is 11.0. The fourth-order valence-corrected chi connectivity index (χ4v) is 3.74. The number of carbonyl (C=O) groups excluding carboxylic acids is 1. The van der Waals surface area contributed by atoms with Crippen molar-refractivity contribution < 1.29 is 31.8 Å². The number of nitrogens with zero attached hydrogens (tertiary/aromatic N) is 2. The quantitative estimate of drug-likeness (QED) is 0.459. The molecule has 3 rings (SSSR count). The van der Waals surface area contributed by atoms with E-state index in [1.54, 1.807) is 12.1 Å². The van der Waals surface area contributed by atoms with Crippen molar-refractivity contribution in [3.05, 3.63) is 65.5 Å². The van der Waals surface area contributed by atoms with Gasteiger partial charge in [-0.3, -0.25) is 4.79 Å². The zero-order chi connectivity index (χ0) is 24.7. The number of benzene rings is 2. The molecule has 2 aromatic rings. The molecule has 1 aliphatic rings. The van der Waals surface area contributed by atoms with Gasteiger partial charge in [0.2, 0.25) is 0 Å². The Labute approximate surface area is 200 Å². The van der Waals surface area contributed by atoms with Crippen LogP contribution in [0.2, 0.25) is 0 Å². The SMILES string of the molecule is COCCN(CC1CN(C(=S)Nc2ccc(F)cc2)CCO1)C(=O)c1ccc(C(F)(F)F)cc1. The van der Waals surface area contributed by atoms with E-state index >= 15 is 0 Å². The summed E-state index contributed by atoms with van der Waals surface area (Å²) in [6.07, 6.45) is -4.85. The van der Waals surface area contributed by atoms with Crippen molar-refractivity contribution >= 4 is 28.9 Å². The largest absolute Gasteiger partial charge is 0.416 e. The van der Waals surface area contributed by atoms with Gasteiger partial charge >= 0.3 is 6.18 Å². The summed E-state index contributed by atoms with van der Waals surface area (Å²) >= 11 is 5.47. The number of morpholine rings is 1. The van der Waals surface area contributed by atoms with Gasteiger partial charge in [-0.15, -0.1) is 0 Å². The number of alkyl halides is 3. The lowest BCUT2D eigenvalue weighted by atomic mass is 10.1. The number of amides is 1. The van der Waals surface area contributed by atoms with Crippen molar-refractivity contribution in [2.45, 2.75) is 12.3 Å². The number of nitrogens with one attached hydrogen (secondary N) is 1. The van der Waals surface area contributed by atoms with Gasteiger partial charge < -0.3 is 24.6 Å². The molecule has 1 fully saturated rings. The zero-order valence-electron chi connectivity index (χ0n) is 18.5. The highest BCUT2D eigenvalue weighted by Gasteiger charge is 2.31. The summed E-state index contributed by atoms with van der Waals surface area (Å²) in [6.45, 7) is 2.02. The molecule has 0 aliphatic carbocycles. The maximum atomic E-state index is 13.1. The molecule has 2 aromatic carbocycles. The minimum atomic E-state index is -4.48. The lowest BCUT2D eigenvalue weighted by Gasteiger charge is -2.37. The Kier molecular flexibility index (Phi) is 8.81. The summed E-state index contributed by atoms with van der Waals surface area (Å²) in [7, 11) is 1.50. The second kappa shape index (κ2) is 11.6. The van der Waals surface area contributed by atoms with Gasteiger partial charge in [0.15, 0.2) is 5.11 Å². The van der Waals surface area contributed by atoms with Crippen LogP contribution in [0.15, 0.2) is 48.5 Å². The Bertz CT molecular complexity index is 971. The van der Waals surface area contributed by atoms with Crippen LogP contribution in [-0.2, 0) is 15.7 Å². The molecule has 1 amide bonds. The normalized spacial score (nSPS) is 16.3. The topological polar surface area (TPSA) is 54.0 Å². The van der Waals surface area contributed by atoms with Crippen LogP contribution in [0.5, 0.6) is 0 Å². The van der Waals surface area contributed by atoms with Crippen molar-refractivity contribution in [1.82, 2.24) is 9.80 Å². The lowest BCUT2D eigenvalue weighted by Crippen LogP contribution is -2.52. The highest BCUT2D eigenvalue weighted by Crippen LogP contribution is 2.29. The minimum absolute atomic E-state index is 0.144. The van der Waals surface area contributed by atoms with Gasteiger partial charge in [-0.25, -0.2) is 4.39 Å². The van der Waals surface area contributed by atoms with E-state index in [0.717, 1.165) is 12.1 Å². The summed E-state index contributed by atoms with van der Waals surface area (Å²) in [4.78, 5) is 16.4. The van der Waals surface area contributed by atoms with Crippen LogP contribution >= 0.6 is 12.2 Å². The van der Waals surface area contributed by atoms with Crippen molar-refractivity contribution in [3.8, 4) is 0 Å². The first-order valence-electron chi connectivity index (χ1n) is 10.6. The third-order valence-electron chi connectivity index (χ3n) is 5.26. The van der Waals surface area contributed by atoms with E-state index in [1.807, 2.05) is 4.90 Å². The molecule has 184 valence electrons. The second-order valence-corrected chi connectivity index (χ2v) is 8.08. The highest BCUT2D eigenvalue weighted by molar-refractivity contribution is 7.80. The molecule has 0 spiro atoms. The van der Waals surface area contributed by atoms with Gasteiger partial charge in [0, 0.05) is 44.5 Å². The molecule has 0 aromatic heterocycles. The predicted octanol–water partition coefficient (Wildman–Crippen LogP) is 4.03. The van der Waals surface area contributed by atoms with E-state index in [1.165, 1.54) is 36.3 Å². The lowest BCUT2D eigenvalue weighted by molar-refractivity contribution is -0.137. The van der Waals surface area contributed by atoms with Crippen LogP contribution in [0.3, 0.4) is 0 Å². The van der Waals surface area contributed by atoms with E-state index in [-0.39, 0.29) is 37.2 Å². The maximum Gasteiger partial charge on any atom is 0.416 e. The number of halogens is 4. The van der Waals surface area contributed by atoms with Crippen molar-refractivity contribution in [3.63, 3.8) is 0 Å². The van der Waals surface area contributed by atoms with Gasteiger partial charge in [-0.05, 0) is 60.7 Å². The molecule has 6 nitrogen and oxygen atoms in total. The molecule has 1 N–H and O–H groups in total. The molecule has 34 heavy (non-hydrogen) atoms. The van der Waals surface area contributed by atoms with E-state index in [4.69, 9.17) is 21.7 Å². The fraction of sp³-hybridized carbons (Fsp3) is 0.391. The molecule has 1 saturated heterocycles. The van der Waals surface area contributed by atoms with E-state index in [0.29, 0.717) is 30.5 Å². The summed E-state index contributed by atoms with van der Waals surface area (Å²) in [6, 6.07) is 9.92. The van der Waals surface area contributed by atoms with Gasteiger partial charge in [0.05, 0.1) is 24.9 Å². The number of ether oxygens (including phenoxy) is 2. The third-order valence-corrected chi connectivity index (χ3v) is 5.62. The average molecular weight is 500 g/mol. The molecule has 11 heteroatoms. The van der Waals surface area contributed by atoms with Gasteiger partial charge in [0.1, 0.15) is 5.82 Å². The molecule has 0 bridgehead atoms. The van der Waals surface area contributed by atoms with Gasteiger partial charge in [-0.2, -0.15) is 13.2 Å².